The van der Waals surface area contributed by atoms with Crippen LogP contribution in [-0.2, 0) is 24.4 Å². The van der Waals surface area contributed by atoms with E-state index in [2.05, 4.69) is 22.6 Å². The number of rotatable bonds is 6. The maximum atomic E-state index is 13.9. The van der Waals surface area contributed by atoms with E-state index in [-0.39, 0.29) is 5.75 Å². The molecule has 1 N–H and O–H groups in total. The minimum atomic E-state index is -5.82. The minimum absolute atomic E-state index is 0.282. The topological polar surface area (TPSA) is 107 Å². The maximum Gasteiger partial charge on any atom is 0.402 e. The number of carbonyl (C=O) groups excluding carboxylic acids is 2. The first kappa shape index (κ1) is 27.4. The second-order valence-electron chi connectivity index (χ2n) is 8.98. The predicted molar refractivity (Wildman–Crippen MR) is 149 cm³/mol. The molecule has 3 aliphatic rings. The first-order valence-corrected chi connectivity index (χ1v) is 14.9. The van der Waals surface area contributed by atoms with Gasteiger partial charge in [0.05, 0.1) is 15.4 Å². The second-order valence-corrected chi connectivity index (χ2v) is 12.9. The zero-order valence-corrected chi connectivity index (χ0v) is 24.3. The third-order valence-corrected chi connectivity index (χ3v) is 9.23. The maximum absolute atomic E-state index is 13.9. The largest absolute Gasteiger partial charge is 0.458 e. The van der Waals surface area contributed by atoms with Gasteiger partial charge in [-0.15, -0.1) is 0 Å². The van der Waals surface area contributed by atoms with Crippen molar-refractivity contribution in [3.05, 3.63) is 96.1 Å². The number of benzene rings is 3. The van der Waals surface area contributed by atoms with Crippen LogP contribution in [-0.4, -0.2) is 36.8 Å². The summed E-state index contributed by atoms with van der Waals surface area (Å²) in [5, 5.41) is -4.71. The highest BCUT2D eigenvalue weighted by molar-refractivity contribution is 14.1. The van der Waals surface area contributed by atoms with E-state index in [9.17, 15) is 26.8 Å². The fourth-order valence-corrected chi connectivity index (χ4v) is 7.22. The SMILES string of the molecule is O=C(OCC(F)(F)S(=O)(=O)O)C1C2c3ccccc3C(c3ccccc32)C1C(=O)Oc1ccc(I)cc1I. The number of hydrogen-bond acceptors (Lipinski definition) is 6. The van der Waals surface area contributed by atoms with Crippen LogP contribution in [0.1, 0.15) is 34.1 Å². The highest BCUT2D eigenvalue weighted by Crippen LogP contribution is 2.59. The van der Waals surface area contributed by atoms with E-state index < -0.39 is 57.6 Å². The zero-order chi connectivity index (χ0) is 27.4. The molecular weight excluding hydrogens is 748 g/mol. The van der Waals surface area contributed by atoms with Gasteiger partial charge >= 0.3 is 27.3 Å². The summed E-state index contributed by atoms with van der Waals surface area (Å²) < 4.78 is 71.0. The quantitative estimate of drug-likeness (QED) is 0.156. The molecule has 198 valence electrons. The molecule has 12 heteroatoms. The van der Waals surface area contributed by atoms with Crippen LogP contribution < -0.4 is 4.74 Å². The monoisotopic (exact) mass is 766 g/mol. The molecule has 0 amide bonds. The number of esters is 2. The van der Waals surface area contributed by atoms with Crippen molar-refractivity contribution in [3.8, 4) is 5.75 Å². The van der Waals surface area contributed by atoms with Crippen molar-refractivity contribution in [1.29, 1.82) is 0 Å². The lowest BCUT2D eigenvalue weighted by molar-refractivity contribution is -0.163. The van der Waals surface area contributed by atoms with Gasteiger partial charge in [0.1, 0.15) is 5.75 Å². The van der Waals surface area contributed by atoms with Crippen LogP contribution in [0.5, 0.6) is 5.75 Å². The molecule has 3 aliphatic carbocycles. The lowest BCUT2D eigenvalue weighted by Crippen LogP contribution is -2.49. The number of ether oxygens (including phenoxy) is 2. The summed E-state index contributed by atoms with van der Waals surface area (Å²) in [4.78, 5) is 27.2. The smallest absolute Gasteiger partial charge is 0.402 e. The first-order valence-electron chi connectivity index (χ1n) is 11.3. The van der Waals surface area contributed by atoms with Gasteiger partial charge in [-0.3, -0.25) is 14.1 Å². The van der Waals surface area contributed by atoms with Gasteiger partial charge in [0.2, 0.25) is 0 Å². The minimum Gasteiger partial charge on any atom is -0.458 e. The molecule has 0 spiro atoms. The van der Waals surface area contributed by atoms with E-state index in [0.717, 1.165) is 25.8 Å². The van der Waals surface area contributed by atoms with Crippen LogP contribution in [0.25, 0.3) is 0 Å². The Morgan fingerprint density at radius 3 is 1.76 bits per heavy atom. The molecule has 7 nitrogen and oxygen atoms in total. The predicted octanol–water partition coefficient (Wildman–Crippen LogP) is 5.35. The molecule has 2 bridgehead atoms. The fraction of sp³-hybridized carbons (Fsp3) is 0.231. The third kappa shape index (κ3) is 4.73. The lowest BCUT2D eigenvalue weighted by atomic mass is 9.54. The lowest BCUT2D eigenvalue weighted by Gasteiger charge is -2.48. The van der Waals surface area contributed by atoms with E-state index in [1.54, 1.807) is 36.4 Å². The van der Waals surface area contributed by atoms with Crippen molar-refractivity contribution in [1.82, 2.24) is 0 Å². The van der Waals surface area contributed by atoms with Crippen molar-refractivity contribution in [2.45, 2.75) is 17.1 Å². The van der Waals surface area contributed by atoms with Crippen molar-refractivity contribution in [2.24, 2.45) is 11.8 Å². The standard InChI is InChI=1S/C26H18F2I2O7S/c27-26(28,38(33,34)35)12-36-24(31)22-20-14-5-1-3-7-16(14)21(17-8-4-2-6-15(17)20)23(22)25(32)37-19-10-9-13(29)11-18(19)30/h1-11,20-23H,12H2,(H,33,34,35). The summed E-state index contributed by atoms with van der Waals surface area (Å²) in [5.41, 5.74) is 3.10. The van der Waals surface area contributed by atoms with Gasteiger partial charge in [0, 0.05) is 15.4 Å². The highest BCUT2D eigenvalue weighted by Gasteiger charge is 2.57. The highest BCUT2D eigenvalue weighted by atomic mass is 127. The average molecular weight is 766 g/mol. The van der Waals surface area contributed by atoms with E-state index in [1.165, 1.54) is 0 Å². The Morgan fingerprint density at radius 1 is 0.842 bits per heavy atom. The van der Waals surface area contributed by atoms with Gasteiger partial charge in [-0.2, -0.15) is 17.2 Å². The summed E-state index contributed by atoms with van der Waals surface area (Å²) in [5.74, 6) is -5.45. The molecule has 6 rings (SSSR count). The third-order valence-electron chi connectivity index (χ3n) is 6.85. The van der Waals surface area contributed by atoms with E-state index >= 15 is 0 Å². The summed E-state index contributed by atoms with van der Waals surface area (Å²) in [6, 6.07) is 19.7. The van der Waals surface area contributed by atoms with Crippen LogP contribution in [0.2, 0.25) is 0 Å². The van der Waals surface area contributed by atoms with Crippen LogP contribution in [0.3, 0.4) is 0 Å². The molecular formula is C26H18F2I2O7S. The number of halogens is 4. The van der Waals surface area contributed by atoms with Crippen molar-refractivity contribution in [3.63, 3.8) is 0 Å². The van der Waals surface area contributed by atoms with E-state index in [4.69, 9.17) is 14.0 Å². The van der Waals surface area contributed by atoms with Gasteiger partial charge in [-0.05, 0) is 85.6 Å². The molecule has 0 radical (unpaired) electrons. The summed E-state index contributed by atoms with van der Waals surface area (Å²) in [6.07, 6.45) is 0. The molecule has 0 saturated carbocycles. The number of carbonyl (C=O) groups is 2. The van der Waals surface area contributed by atoms with E-state index in [1.807, 2.05) is 52.9 Å². The number of fused-ring (bicyclic) bond motifs is 1. The molecule has 38 heavy (non-hydrogen) atoms. The first-order chi connectivity index (χ1) is 17.9. The van der Waals surface area contributed by atoms with Crippen LogP contribution in [0.15, 0.2) is 66.7 Å². The molecule has 3 aromatic rings. The molecule has 0 fully saturated rings. The summed E-state index contributed by atoms with van der Waals surface area (Å²) in [6.45, 7) is -1.89. The van der Waals surface area contributed by atoms with Crippen molar-refractivity contribution >= 4 is 67.2 Å². The zero-order valence-electron chi connectivity index (χ0n) is 19.2. The Hall–Kier alpha value is -2.17. The van der Waals surface area contributed by atoms with Crippen molar-refractivity contribution in [2.75, 3.05) is 6.61 Å². The van der Waals surface area contributed by atoms with Crippen LogP contribution >= 0.6 is 45.2 Å². The van der Waals surface area contributed by atoms with Gasteiger partial charge < -0.3 is 9.47 Å². The van der Waals surface area contributed by atoms with Crippen LogP contribution in [0, 0.1) is 19.0 Å². The summed E-state index contributed by atoms with van der Waals surface area (Å²) >= 11 is 4.14. The Morgan fingerprint density at radius 2 is 1.32 bits per heavy atom. The number of hydrogen-bond donors (Lipinski definition) is 1. The molecule has 0 saturated heterocycles. The molecule has 2 unspecified atom stereocenters. The molecule has 0 aliphatic heterocycles. The van der Waals surface area contributed by atoms with Gasteiger partial charge in [0.25, 0.3) is 0 Å². The Labute approximate surface area is 243 Å². The molecule has 0 heterocycles. The van der Waals surface area contributed by atoms with Crippen molar-refractivity contribution < 1.29 is 40.8 Å². The Bertz CT molecular complexity index is 1510. The van der Waals surface area contributed by atoms with Gasteiger partial charge in [-0.25, -0.2) is 0 Å². The van der Waals surface area contributed by atoms with Gasteiger partial charge in [-0.1, -0.05) is 48.5 Å². The summed E-state index contributed by atoms with van der Waals surface area (Å²) in [7, 11) is -5.82. The van der Waals surface area contributed by atoms with E-state index in [0.29, 0.717) is 3.57 Å². The normalized spacial score (nSPS) is 21.8. The molecule has 0 aromatic heterocycles. The Balaban J connectivity index is 1.59. The van der Waals surface area contributed by atoms with Crippen LogP contribution in [0.4, 0.5) is 8.78 Å². The number of alkyl halides is 2. The fourth-order valence-electron chi connectivity index (χ4n) is 5.30. The second kappa shape index (κ2) is 10.1. The van der Waals surface area contributed by atoms with Gasteiger partial charge in [0.15, 0.2) is 6.61 Å². The molecule has 2 atom stereocenters. The Kier molecular flexibility index (Phi) is 7.28. The average Bonchev–Trinajstić information content (AvgIpc) is 2.87. The molecule has 3 aromatic carbocycles.